The molecule has 5 heterocycles. The molecular formula is C41H47FIN7O4. The van der Waals surface area contributed by atoms with Crippen LogP contribution >= 0.6 is 22.6 Å². The van der Waals surface area contributed by atoms with Gasteiger partial charge in [-0.15, -0.1) is 0 Å². The Hall–Kier alpha value is -4.34. The summed E-state index contributed by atoms with van der Waals surface area (Å²) in [5.74, 6) is 2.15. The number of hydrogen-bond acceptors (Lipinski definition) is 11. The van der Waals surface area contributed by atoms with Gasteiger partial charge in [0.1, 0.15) is 46.6 Å². The highest BCUT2D eigenvalue weighted by atomic mass is 127. The van der Waals surface area contributed by atoms with Crippen molar-refractivity contribution in [3.05, 3.63) is 86.9 Å². The average Bonchev–Trinajstić information content (AvgIpc) is 3.59. The van der Waals surface area contributed by atoms with Gasteiger partial charge in [-0.3, -0.25) is 4.98 Å². The number of aliphatic hydroxyl groups is 1. The Morgan fingerprint density at radius 2 is 1.61 bits per heavy atom. The molecule has 0 amide bonds. The van der Waals surface area contributed by atoms with Crippen LogP contribution in [0.25, 0.3) is 22.3 Å². The first-order valence-corrected chi connectivity index (χ1v) is 19.4. The fourth-order valence-corrected chi connectivity index (χ4v) is 7.86. The molecule has 7 rings (SSSR count). The standard InChI is InChI=1S/C41H47FIN7O4/c1-26-20-33(50(22-27-9-13-30(52-4)14-10-27)23-28-11-15-31(53-5)16-12-28)45-38(35(26)43)37-34(42)36-32(21-44-37)39(49-19-7-17-41(2,51)25-49)47-40(46-36)54-24-29-8-6-18-48(29)3/h9-16,20-21,29,51H,6-8,17-19,22-25H2,1-5H3/t29-,41+/m0/s1. The first-order chi connectivity index (χ1) is 26.0. The van der Waals surface area contributed by atoms with Gasteiger partial charge in [-0.25, -0.2) is 9.37 Å². The van der Waals surface area contributed by atoms with E-state index in [2.05, 4.69) is 44.4 Å². The van der Waals surface area contributed by atoms with Gasteiger partial charge in [-0.2, -0.15) is 9.97 Å². The van der Waals surface area contributed by atoms with Gasteiger partial charge < -0.3 is 34.0 Å². The van der Waals surface area contributed by atoms with Gasteiger partial charge in [-0.1, -0.05) is 24.3 Å². The van der Waals surface area contributed by atoms with Crippen molar-refractivity contribution in [2.24, 2.45) is 0 Å². The third-order valence-electron chi connectivity index (χ3n) is 10.4. The van der Waals surface area contributed by atoms with Crippen molar-refractivity contribution >= 4 is 45.1 Å². The number of hydrogen-bond donors (Lipinski definition) is 1. The fraction of sp³-hybridized carbons (Fsp3) is 0.415. The number of piperidine rings is 1. The predicted molar refractivity (Wildman–Crippen MR) is 217 cm³/mol. The van der Waals surface area contributed by atoms with E-state index in [4.69, 9.17) is 29.2 Å². The number of rotatable bonds is 12. The summed E-state index contributed by atoms with van der Waals surface area (Å²) in [6.45, 7) is 7.34. The largest absolute Gasteiger partial charge is 0.497 e. The van der Waals surface area contributed by atoms with E-state index >= 15 is 4.39 Å². The van der Waals surface area contributed by atoms with Crippen molar-refractivity contribution in [2.45, 2.75) is 64.3 Å². The van der Waals surface area contributed by atoms with Crippen LogP contribution in [0.3, 0.4) is 0 Å². The van der Waals surface area contributed by atoms with Crippen LogP contribution in [0, 0.1) is 16.3 Å². The summed E-state index contributed by atoms with van der Waals surface area (Å²) in [6, 6.07) is 18.3. The lowest BCUT2D eigenvalue weighted by atomic mass is 9.95. The Morgan fingerprint density at radius 1 is 0.944 bits per heavy atom. The topological polar surface area (TPSA) is 109 Å². The van der Waals surface area contributed by atoms with Crippen LogP contribution in [0.15, 0.2) is 60.8 Å². The third-order valence-corrected chi connectivity index (χ3v) is 11.8. The summed E-state index contributed by atoms with van der Waals surface area (Å²) < 4.78 is 34.9. The van der Waals surface area contributed by atoms with Gasteiger partial charge in [0.25, 0.3) is 0 Å². The fourth-order valence-electron chi connectivity index (χ4n) is 7.33. The summed E-state index contributed by atoms with van der Waals surface area (Å²) >= 11 is 2.23. The third kappa shape index (κ3) is 8.32. The van der Waals surface area contributed by atoms with Crippen molar-refractivity contribution in [2.75, 3.05) is 57.3 Å². The molecule has 13 heteroatoms. The molecule has 0 unspecified atom stereocenters. The van der Waals surface area contributed by atoms with Crippen molar-refractivity contribution in [3.63, 3.8) is 0 Å². The van der Waals surface area contributed by atoms with Crippen LogP contribution < -0.4 is 24.0 Å². The molecule has 2 atom stereocenters. The minimum atomic E-state index is -0.906. The van der Waals surface area contributed by atoms with Crippen molar-refractivity contribution in [1.82, 2.24) is 24.8 Å². The zero-order valence-electron chi connectivity index (χ0n) is 31.5. The van der Waals surface area contributed by atoms with E-state index in [1.165, 1.54) is 0 Å². The second-order valence-corrected chi connectivity index (χ2v) is 15.7. The molecule has 0 spiro atoms. The van der Waals surface area contributed by atoms with Crippen LogP contribution in [0.4, 0.5) is 16.0 Å². The number of anilines is 2. The molecule has 0 radical (unpaired) electrons. The molecule has 2 fully saturated rings. The Morgan fingerprint density at radius 3 is 2.20 bits per heavy atom. The number of likely N-dealkylation sites (tertiary alicyclic amines) is 1. The lowest BCUT2D eigenvalue weighted by Crippen LogP contribution is -2.46. The zero-order valence-corrected chi connectivity index (χ0v) is 33.6. The summed E-state index contributed by atoms with van der Waals surface area (Å²) in [7, 11) is 5.39. The quantitative estimate of drug-likeness (QED) is 0.129. The Balaban J connectivity index is 1.30. The second-order valence-electron chi connectivity index (χ2n) is 14.6. The van der Waals surface area contributed by atoms with Crippen LogP contribution in [0.5, 0.6) is 17.5 Å². The maximum absolute atomic E-state index is 17.2. The van der Waals surface area contributed by atoms with Crippen LogP contribution in [0.1, 0.15) is 49.3 Å². The molecule has 1 N–H and O–H groups in total. The van der Waals surface area contributed by atoms with Crippen molar-refractivity contribution < 1.29 is 23.7 Å². The number of pyridine rings is 2. The number of likely N-dealkylation sites (N-methyl/N-ethyl adjacent to an activating group) is 1. The SMILES string of the molecule is COc1ccc(CN(Cc2ccc(OC)cc2)c2cc(C)c(I)c(-c3ncc4c(N5CCC[C@@](C)(O)C5)nc(OC[C@@H]5CCCN5C)nc4c3F)n2)cc1. The van der Waals surface area contributed by atoms with Crippen LogP contribution in [-0.2, 0) is 13.1 Å². The molecular weight excluding hydrogens is 800 g/mol. The maximum Gasteiger partial charge on any atom is 0.319 e. The minimum Gasteiger partial charge on any atom is -0.497 e. The number of β-amino-alcohol motifs (C(OH)–C–C–N with tert-alkyl or cyclic N) is 1. The molecule has 3 aromatic heterocycles. The highest BCUT2D eigenvalue weighted by molar-refractivity contribution is 14.1. The number of ether oxygens (including phenoxy) is 3. The van der Waals surface area contributed by atoms with Gasteiger partial charge in [0.15, 0.2) is 5.82 Å². The molecule has 2 aliphatic heterocycles. The molecule has 2 aromatic carbocycles. The number of aromatic nitrogens is 4. The van der Waals surface area contributed by atoms with E-state index in [9.17, 15) is 5.11 Å². The van der Waals surface area contributed by atoms with Crippen LogP contribution in [0.2, 0.25) is 0 Å². The van der Waals surface area contributed by atoms with E-state index in [0.717, 1.165) is 57.6 Å². The maximum atomic E-state index is 17.2. The first-order valence-electron chi connectivity index (χ1n) is 18.4. The normalized spacial score (nSPS) is 19.0. The number of nitrogens with zero attached hydrogens (tertiary/aromatic N) is 7. The molecule has 0 saturated carbocycles. The second kappa shape index (κ2) is 16.2. The molecule has 284 valence electrons. The van der Waals surface area contributed by atoms with Crippen LogP contribution in [-0.4, -0.2) is 89.1 Å². The van der Waals surface area contributed by atoms with E-state index in [1.807, 2.05) is 73.3 Å². The average molecular weight is 848 g/mol. The summed E-state index contributed by atoms with van der Waals surface area (Å²) in [5.41, 5.74) is 2.80. The summed E-state index contributed by atoms with van der Waals surface area (Å²) in [6.07, 6.45) is 5.19. The Kier molecular flexibility index (Phi) is 11.4. The van der Waals surface area contributed by atoms with E-state index in [0.29, 0.717) is 61.9 Å². The highest BCUT2D eigenvalue weighted by Gasteiger charge is 2.32. The summed E-state index contributed by atoms with van der Waals surface area (Å²) in [4.78, 5) is 25.8. The molecule has 54 heavy (non-hydrogen) atoms. The Bertz CT molecular complexity index is 2050. The number of fused-ring (bicyclic) bond motifs is 1. The molecule has 2 saturated heterocycles. The van der Waals surface area contributed by atoms with Crippen molar-refractivity contribution in [1.29, 1.82) is 0 Å². The summed E-state index contributed by atoms with van der Waals surface area (Å²) in [5, 5.41) is 11.5. The Labute approximate surface area is 329 Å². The first kappa shape index (κ1) is 38.0. The van der Waals surface area contributed by atoms with Crippen molar-refractivity contribution in [3.8, 4) is 28.9 Å². The number of benzene rings is 2. The molecule has 0 bridgehead atoms. The van der Waals surface area contributed by atoms with E-state index in [-0.39, 0.29) is 23.3 Å². The number of aryl methyl sites for hydroxylation is 1. The molecule has 0 aliphatic carbocycles. The smallest absolute Gasteiger partial charge is 0.319 e. The van der Waals surface area contributed by atoms with Gasteiger partial charge >= 0.3 is 6.01 Å². The van der Waals surface area contributed by atoms with Gasteiger partial charge in [0.05, 0.1) is 25.2 Å². The molecule has 5 aromatic rings. The van der Waals surface area contributed by atoms with E-state index in [1.54, 1.807) is 20.4 Å². The van der Waals surface area contributed by atoms with E-state index < -0.39 is 11.4 Å². The lowest BCUT2D eigenvalue weighted by molar-refractivity contribution is 0.0447. The van der Waals surface area contributed by atoms with Gasteiger partial charge in [0.2, 0.25) is 0 Å². The van der Waals surface area contributed by atoms with Gasteiger partial charge in [0, 0.05) is 42.0 Å². The zero-order chi connectivity index (χ0) is 38.0. The predicted octanol–water partition coefficient (Wildman–Crippen LogP) is 7.19. The molecule has 11 nitrogen and oxygen atoms in total. The molecule has 2 aliphatic rings. The lowest BCUT2D eigenvalue weighted by Gasteiger charge is -2.37. The highest BCUT2D eigenvalue weighted by Crippen LogP contribution is 2.37. The number of methoxy groups -OCH3 is 2. The number of halogens is 2. The minimum absolute atomic E-state index is 0.0995. The monoisotopic (exact) mass is 847 g/mol. The van der Waals surface area contributed by atoms with Gasteiger partial charge in [-0.05, 0) is 123 Å².